The lowest BCUT2D eigenvalue weighted by Gasteiger charge is -2.18. The molecular weight excluding hydrogens is 364 g/mol. The van der Waals surface area contributed by atoms with Crippen LogP contribution in [-0.4, -0.2) is 17.4 Å². The Bertz CT molecular complexity index is 906. The van der Waals surface area contributed by atoms with Crippen molar-refractivity contribution in [3.8, 4) is 5.75 Å². The van der Waals surface area contributed by atoms with Crippen LogP contribution < -0.4 is 10.1 Å². The van der Waals surface area contributed by atoms with E-state index in [2.05, 4.69) is 5.32 Å². The summed E-state index contributed by atoms with van der Waals surface area (Å²) in [5, 5.41) is 15.6. The van der Waals surface area contributed by atoms with Crippen LogP contribution in [0.15, 0.2) is 66.0 Å². The molecule has 0 aliphatic heterocycles. The van der Waals surface area contributed by atoms with Crippen LogP contribution in [0.2, 0.25) is 0 Å². The van der Waals surface area contributed by atoms with Crippen molar-refractivity contribution < 1.29 is 14.5 Å². The van der Waals surface area contributed by atoms with E-state index in [0.717, 1.165) is 16.0 Å². The Hall–Kier alpha value is -3.19. The monoisotopic (exact) mass is 382 g/mol. The summed E-state index contributed by atoms with van der Waals surface area (Å²) in [7, 11) is 0. The standard InChI is InChI=1S/C20H18N2O4S/c1-14-4-6-15(7-5-14)20(18-3-2-12-27-18)21-19(23)13-26-17-10-8-16(9-11-17)22(24)25/h2-12,20H,13H2,1H3,(H,21,23)/t20-/m0/s1. The maximum absolute atomic E-state index is 12.4. The normalized spacial score (nSPS) is 11.6. The van der Waals surface area contributed by atoms with E-state index in [1.807, 2.05) is 48.7 Å². The van der Waals surface area contributed by atoms with Crippen molar-refractivity contribution >= 4 is 22.9 Å². The zero-order valence-electron chi connectivity index (χ0n) is 14.6. The zero-order chi connectivity index (χ0) is 19.2. The summed E-state index contributed by atoms with van der Waals surface area (Å²) in [6, 6.07) is 17.3. The molecule has 2 aromatic carbocycles. The number of carbonyl (C=O) groups is 1. The van der Waals surface area contributed by atoms with E-state index >= 15 is 0 Å². The molecule has 6 nitrogen and oxygen atoms in total. The molecule has 0 radical (unpaired) electrons. The SMILES string of the molecule is Cc1ccc([C@H](NC(=O)COc2ccc([N+](=O)[O-])cc2)c2cccs2)cc1. The first kappa shape index (κ1) is 18.6. The molecule has 0 aliphatic carbocycles. The number of non-ortho nitro benzene ring substituents is 1. The van der Waals surface area contributed by atoms with Gasteiger partial charge in [0.1, 0.15) is 5.75 Å². The number of rotatable bonds is 7. The molecule has 0 aliphatic rings. The third-order valence-corrected chi connectivity index (χ3v) is 4.90. The number of benzene rings is 2. The first-order chi connectivity index (χ1) is 13.0. The summed E-state index contributed by atoms with van der Waals surface area (Å²) in [5.41, 5.74) is 2.12. The molecule has 27 heavy (non-hydrogen) atoms. The van der Waals surface area contributed by atoms with Gasteiger partial charge in [-0.25, -0.2) is 0 Å². The van der Waals surface area contributed by atoms with E-state index < -0.39 is 4.92 Å². The van der Waals surface area contributed by atoms with Crippen LogP contribution in [0.3, 0.4) is 0 Å². The van der Waals surface area contributed by atoms with Gasteiger partial charge < -0.3 is 10.1 Å². The predicted molar refractivity (Wildman–Crippen MR) is 104 cm³/mol. The van der Waals surface area contributed by atoms with Crippen LogP contribution in [0, 0.1) is 17.0 Å². The van der Waals surface area contributed by atoms with Crippen molar-refractivity contribution in [2.45, 2.75) is 13.0 Å². The fourth-order valence-corrected chi connectivity index (χ4v) is 3.35. The minimum atomic E-state index is -0.482. The zero-order valence-corrected chi connectivity index (χ0v) is 15.4. The number of thiophene rings is 1. The lowest BCUT2D eigenvalue weighted by atomic mass is 10.0. The van der Waals surface area contributed by atoms with Gasteiger partial charge in [0.2, 0.25) is 0 Å². The molecule has 0 spiro atoms. The Kier molecular flexibility index (Phi) is 5.83. The highest BCUT2D eigenvalue weighted by molar-refractivity contribution is 7.10. The maximum Gasteiger partial charge on any atom is 0.269 e. The number of nitrogens with one attached hydrogen (secondary N) is 1. The number of nitro groups is 1. The Balaban J connectivity index is 1.66. The highest BCUT2D eigenvalue weighted by Crippen LogP contribution is 2.26. The van der Waals surface area contributed by atoms with Crippen LogP contribution in [-0.2, 0) is 4.79 Å². The maximum atomic E-state index is 12.4. The summed E-state index contributed by atoms with van der Waals surface area (Å²) in [6.07, 6.45) is 0. The van der Waals surface area contributed by atoms with E-state index in [-0.39, 0.29) is 24.2 Å². The molecule has 0 saturated heterocycles. The molecule has 0 bridgehead atoms. The van der Waals surface area contributed by atoms with Gasteiger partial charge in [0.25, 0.3) is 11.6 Å². The fraction of sp³-hybridized carbons (Fsp3) is 0.150. The number of ether oxygens (including phenoxy) is 1. The van der Waals surface area contributed by atoms with Crippen molar-refractivity contribution in [3.63, 3.8) is 0 Å². The van der Waals surface area contributed by atoms with Crippen molar-refractivity contribution in [2.75, 3.05) is 6.61 Å². The number of hydrogen-bond acceptors (Lipinski definition) is 5. The van der Waals surface area contributed by atoms with Gasteiger partial charge in [-0.3, -0.25) is 14.9 Å². The quantitative estimate of drug-likeness (QED) is 0.489. The molecule has 138 valence electrons. The third kappa shape index (κ3) is 4.92. The molecule has 7 heteroatoms. The lowest BCUT2D eigenvalue weighted by molar-refractivity contribution is -0.384. The van der Waals surface area contributed by atoms with Crippen LogP contribution in [0.5, 0.6) is 5.75 Å². The van der Waals surface area contributed by atoms with E-state index in [1.165, 1.54) is 24.3 Å². The summed E-state index contributed by atoms with van der Waals surface area (Å²) in [4.78, 5) is 23.6. The van der Waals surface area contributed by atoms with Crippen LogP contribution in [0.1, 0.15) is 22.0 Å². The molecule has 1 heterocycles. The van der Waals surface area contributed by atoms with Gasteiger partial charge in [0.05, 0.1) is 11.0 Å². The minimum Gasteiger partial charge on any atom is -0.484 e. The minimum absolute atomic E-state index is 0.0241. The first-order valence-electron chi connectivity index (χ1n) is 8.29. The van der Waals surface area contributed by atoms with Gasteiger partial charge in [0.15, 0.2) is 6.61 Å². The molecular formula is C20H18N2O4S. The summed E-state index contributed by atoms with van der Waals surface area (Å²) < 4.78 is 5.44. The van der Waals surface area contributed by atoms with E-state index in [9.17, 15) is 14.9 Å². The van der Waals surface area contributed by atoms with E-state index in [0.29, 0.717) is 5.75 Å². The largest absolute Gasteiger partial charge is 0.484 e. The second-order valence-electron chi connectivity index (χ2n) is 5.97. The number of amides is 1. The first-order valence-corrected chi connectivity index (χ1v) is 9.17. The predicted octanol–water partition coefficient (Wildman–Crippen LogP) is 4.25. The van der Waals surface area contributed by atoms with Gasteiger partial charge in [-0.05, 0) is 36.1 Å². The molecule has 0 saturated carbocycles. The molecule has 3 rings (SSSR count). The van der Waals surface area contributed by atoms with Crippen molar-refractivity contribution in [1.82, 2.24) is 5.32 Å². The molecule has 0 fully saturated rings. The number of hydrogen-bond donors (Lipinski definition) is 1. The van der Waals surface area contributed by atoms with Gasteiger partial charge in [-0.2, -0.15) is 0 Å². The van der Waals surface area contributed by atoms with Crippen LogP contribution in [0.4, 0.5) is 5.69 Å². The van der Waals surface area contributed by atoms with E-state index in [4.69, 9.17) is 4.74 Å². The van der Waals surface area contributed by atoms with Gasteiger partial charge in [0, 0.05) is 17.0 Å². The second-order valence-corrected chi connectivity index (χ2v) is 6.95. The van der Waals surface area contributed by atoms with Gasteiger partial charge in [-0.1, -0.05) is 35.9 Å². The summed E-state index contributed by atoms with van der Waals surface area (Å²) in [5.74, 6) is 0.131. The van der Waals surface area contributed by atoms with Crippen molar-refractivity contribution in [2.24, 2.45) is 0 Å². The molecule has 1 amide bonds. The average Bonchev–Trinajstić information content (AvgIpc) is 3.20. The van der Waals surface area contributed by atoms with Crippen molar-refractivity contribution in [1.29, 1.82) is 0 Å². The number of nitro benzene ring substituents is 1. The van der Waals surface area contributed by atoms with Crippen LogP contribution in [0.25, 0.3) is 0 Å². The lowest BCUT2D eigenvalue weighted by Crippen LogP contribution is -2.32. The van der Waals surface area contributed by atoms with Gasteiger partial charge in [-0.15, -0.1) is 11.3 Å². The van der Waals surface area contributed by atoms with Gasteiger partial charge >= 0.3 is 0 Å². The Morgan fingerprint density at radius 2 is 1.85 bits per heavy atom. The Labute approximate surface area is 160 Å². The van der Waals surface area contributed by atoms with Crippen LogP contribution >= 0.6 is 11.3 Å². The van der Waals surface area contributed by atoms with E-state index in [1.54, 1.807) is 11.3 Å². The summed E-state index contributed by atoms with van der Waals surface area (Å²) in [6.45, 7) is 1.84. The third-order valence-electron chi connectivity index (χ3n) is 3.96. The topological polar surface area (TPSA) is 81.5 Å². The van der Waals surface area contributed by atoms with Crippen molar-refractivity contribution in [3.05, 3.63) is 92.2 Å². The molecule has 1 atom stereocenters. The molecule has 0 unspecified atom stereocenters. The summed E-state index contributed by atoms with van der Waals surface area (Å²) >= 11 is 1.57. The smallest absolute Gasteiger partial charge is 0.269 e. The average molecular weight is 382 g/mol. The number of nitrogens with zero attached hydrogens (tertiary/aromatic N) is 1. The molecule has 1 N–H and O–H groups in total. The number of aryl methyl sites for hydroxylation is 1. The highest BCUT2D eigenvalue weighted by atomic mass is 32.1. The molecule has 3 aromatic rings. The number of carbonyl (C=O) groups excluding carboxylic acids is 1. The fourth-order valence-electron chi connectivity index (χ4n) is 2.55. The highest BCUT2D eigenvalue weighted by Gasteiger charge is 2.18. The Morgan fingerprint density at radius 3 is 2.44 bits per heavy atom. The molecule has 1 aromatic heterocycles. The Morgan fingerprint density at radius 1 is 1.15 bits per heavy atom. The second kappa shape index (κ2) is 8.46.